The highest BCUT2D eigenvalue weighted by molar-refractivity contribution is 7.21. The number of benzene rings is 2. The number of likely N-dealkylation sites (N-methyl/N-ethyl adjacent to an activating group) is 1. The van der Waals surface area contributed by atoms with E-state index in [4.69, 9.17) is 9.72 Å². The quantitative estimate of drug-likeness (QED) is 0.779. The first-order valence-electron chi connectivity index (χ1n) is 6.99. The average Bonchev–Trinajstić information content (AvgIpc) is 2.95. The van der Waals surface area contributed by atoms with E-state index in [-0.39, 0.29) is 0 Å². The summed E-state index contributed by atoms with van der Waals surface area (Å²) in [7, 11) is 3.67. The Morgan fingerprint density at radius 3 is 2.86 bits per heavy atom. The summed E-state index contributed by atoms with van der Waals surface area (Å²) in [5.41, 5.74) is 3.59. The Labute approximate surface area is 128 Å². The van der Waals surface area contributed by atoms with E-state index in [1.54, 1.807) is 18.4 Å². The molecule has 0 bridgehead atoms. The zero-order chi connectivity index (χ0) is 14.7. The van der Waals surface area contributed by atoms with Crippen LogP contribution in [0.15, 0.2) is 42.5 Å². The number of aromatic nitrogens is 1. The lowest BCUT2D eigenvalue weighted by atomic mass is 10.1. The molecule has 1 aromatic heterocycles. The van der Waals surface area contributed by atoms with E-state index < -0.39 is 0 Å². The van der Waals surface area contributed by atoms with Gasteiger partial charge in [0.05, 0.1) is 17.3 Å². The minimum Gasteiger partial charge on any atom is -0.497 e. The third-order valence-corrected chi connectivity index (χ3v) is 4.54. The summed E-state index contributed by atoms with van der Waals surface area (Å²) in [5.74, 6) is 0.876. The summed E-state index contributed by atoms with van der Waals surface area (Å²) < 4.78 is 6.44. The van der Waals surface area contributed by atoms with Crippen LogP contribution in [-0.2, 0) is 6.42 Å². The number of thiazole rings is 1. The van der Waals surface area contributed by atoms with Crippen molar-refractivity contribution in [3.8, 4) is 16.3 Å². The molecule has 0 amide bonds. The maximum absolute atomic E-state index is 5.28. The van der Waals surface area contributed by atoms with Gasteiger partial charge in [0.1, 0.15) is 10.8 Å². The van der Waals surface area contributed by atoms with Gasteiger partial charge in [-0.3, -0.25) is 0 Å². The van der Waals surface area contributed by atoms with Crippen LogP contribution in [0.4, 0.5) is 0 Å². The Morgan fingerprint density at radius 1 is 1.19 bits per heavy atom. The largest absolute Gasteiger partial charge is 0.497 e. The molecular weight excluding hydrogens is 280 g/mol. The number of methoxy groups -OCH3 is 1. The smallest absolute Gasteiger partial charge is 0.124 e. The monoisotopic (exact) mass is 298 g/mol. The number of rotatable bonds is 5. The van der Waals surface area contributed by atoms with Crippen molar-refractivity contribution in [1.29, 1.82) is 0 Å². The molecule has 3 nitrogen and oxygen atoms in total. The lowest BCUT2D eigenvalue weighted by Gasteiger charge is -2.06. The summed E-state index contributed by atoms with van der Waals surface area (Å²) in [6, 6.07) is 14.5. The second kappa shape index (κ2) is 6.24. The number of nitrogens with one attached hydrogen (secondary N) is 1. The Balaban J connectivity index is 2.03. The molecule has 4 heteroatoms. The summed E-state index contributed by atoms with van der Waals surface area (Å²) in [6.45, 7) is 0.968. The van der Waals surface area contributed by atoms with Crippen molar-refractivity contribution in [2.24, 2.45) is 0 Å². The molecule has 0 saturated heterocycles. The number of ether oxygens (including phenoxy) is 1. The number of hydrogen-bond acceptors (Lipinski definition) is 4. The van der Waals surface area contributed by atoms with E-state index in [0.717, 1.165) is 33.9 Å². The van der Waals surface area contributed by atoms with E-state index in [9.17, 15) is 0 Å². The molecule has 2 aromatic carbocycles. The SMILES string of the molecule is CNCCc1ccccc1-c1nc2ccc(OC)cc2s1. The van der Waals surface area contributed by atoms with Crippen molar-refractivity contribution in [3.05, 3.63) is 48.0 Å². The molecule has 0 saturated carbocycles. The van der Waals surface area contributed by atoms with Crippen molar-refractivity contribution in [2.75, 3.05) is 20.7 Å². The molecule has 0 fully saturated rings. The Hall–Kier alpha value is -1.91. The van der Waals surface area contributed by atoms with Gasteiger partial charge in [0.2, 0.25) is 0 Å². The summed E-state index contributed by atoms with van der Waals surface area (Å²) in [5, 5.41) is 4.28. The topological polar surface area (TPSA) is 34.2 Å². The third-order valence-electron chi connectivity index (χ3n) is 3.49. The molecule has 0 atom stereocenters. The van der Waals surface area contributed by atoms with E-state index >= 15 is 0 Å². The predicted octanol–water partition coefficient (Wildman–Crippen LogP) is 3.73. The Morgan fingerprint density at radius 2 is 2.05 bits per heavy atom. The summed E-state index contributed by atoms with van der Waals surface area (Å²) >= 11 is 1.72. The molecule has 1 N–H and O–H groups in total. The van der Waals surface area contributed by atoms with E-state index in [2.05, 4.69) is 29.6 Å². The van der Waals surface area contributed by atoms with Crippen LogP contribution in [0.1, 0.15) is 5.56 Å². The first-order valence-corrected chi connectivity index (χ1v) is 7.81. The standard InChI is InChI=1S/C17H18N2OS/c1-18-10-9-12-5-3-4-6-14(12)17-19-15-8-7-13(20-2)11-16(15)21-17/h3-8,11,18H,9-10H2,1-2H3. The van der Waals surface area contributed by atoms with Gasteiger partial charge in [0.15, 0.2) is 0 Å². The zero-order valence-corrected chi connectivity index (χ0v) is 13.0. The highest BCUT2D eigenvalue weighted by Crippen LogP contribution is 2.33. The van der Waals surface area contributed by atoms with Crippen molar-refractivity contribution >= 4 is 21.6 Å². The van der Waals surface area contributed by atoms with Crippen molar-refractivity contribution in [3.63, 3.8) is 0 Å². The molecule has 3 aromatic rings. The molecule has 1 heterocycles. The fourth-order valence-corrected chi connectivity index (χ4v) is 3.41. The van der Waals surface area contributed by atoms with Crippen molar-refractivity contribution in [1.82, 2.24) is 10.3 Å². The van der Waals surface area contributed by atoms with Crippen LogP contribution in [0, 0.1) is 0 Å². The average molecular weight is 298 g/mol. The van der Waals surface area contributed by atoms with Gasteiger partial charge in [-0.05, 0) is 43.8 Å². The van der Waals surface area contributed by atoms with Crippen molar-refractivity contribution in [2.45, 2.75) is 6.42 Å². The highest BCUT2D eigenvalue weighted by atomic mass is 32.1. The molecule has 0 aliphatic carbocycles. The molecule has 21 heavy (non-hydrogen) atoms. The van der Waals surface area contributed by atoms with Gasteiger partial charge in [-0.1, -0.05) is 24.3 Å². The molecule has 0 radical (unpaired) electrons. The third kappa shape index (κ3) is 2.91. The van der Waals surface area contributed by atoms with Crippen LogP contribution in [0.2, 0.25) is 0 Å². The van der Waals surface area contributed by atoms with Crippen LogP contribution in [0.5, 0.6) is 5.75 Å². The molecule has 0 spiro atoms. The minimum absolute atomic E-state index is 0.876. The van der Waals surface area contributed by atoms with Crippen LogP contribution in [0.25, 0.3) is 20.8 Å². The van der Waals surface area contributed by atoms with Crippen LogP contribution >= 0.6 is 11.3 Å². The summed E-state index contributed by atoms with van der Waals surface area (Å²) in [4.78, 5) is 4.77. The van der Waals surface area contributed by atoms with E-state index in [0.29, 0.717) is 0 Å². The maximum Gasteiger partial charge on any atom is 0.124 e. The lowest BCUT2D eigenvalue weighted by Crippen LogP contribution is -2.10. The normalized spacial score (nSPS) is 11.0. The van der Waals surface area contributed by atoms with Crippen LogP contribution in [-0.4, -0.2) is 25.7 Å². The predicted molar refractivity (Wildman–Crippen MR) is 89.2 cm³/mol. The van der Waals surface area contributed by atoms with Gasteiger partial charge >= 0.3 is 0 Å². The molecule has 3 rings (SSSR count). The van der Waals surface area contributed by atoms with E-state index in [1.165, 1.54) is 11.1 Å². The highest BCUT2D eigenvalue weighted by Gasteiger charge is 2.10. The van der Waals surface area contributed by atoms with Crippen LogP contribution < -0.4 is 10.1 Å². The maximum atomic E-state index is 5.28. The lowest BCUT2D eigenvalue weighted by molar-refractivity contribution is 0.415. The van der Waals surface area contributed by atoms with Crippen molar-refractivity contribution < 1.29 is 4.74 Å². The molecule has 0 aliphatic heterocycles. The second-order valence-electron chi connectivity index (χ2n) is 4.86. The fraction of sp³-hybridized carbons (Fsp3) is 0.235. The molecule has 0 aliphatic rings. The van der Waals surface area contributed by atoms with Gasteiger partial charge in [0, 0.05) is 5.56 Å². The van der Waals surface area contributed by atoms with Gasteiger partial charge in [-0.15, -0.1) is 11.3 Å². The van der Waals surface area contributed by atoms with Gasteiger partial charge in [-0.25, -0.2) is 4.98 Å². The number of nitrogens with zero attached hydrogens (tertiary/aromatic N) is 1. The Kier molecular flexibility index (Phi) is 4.18. The fourth-order valence-electron chi connectivity index (χ4n) is 2.35. The first kappa shape index (κ1) is 14.0. The van der Waals surface area contributed by atoms with Gasteiger partial charge < -0.3 is 10.1 Å². The molecular formula is C17H18N2OS. The molecule has 0 unspecified atom stereocenters. The van der Waals surface area contributed by atoms with Gasteiger partial charge in [-0.2, -0.15) is 0 Å². The zero-order valence-electron chi connectivity index (χ0n) is 12.2. The number of fused-ring (bicyclic) bond motifs is 1. The Bertz CT molecular complexity index is 751. The molecule has 108 valence electrons. The van der Waals surface area contributed by atoms with E-state index in [1.807, 2.05) is 25.2 Å². The minimum atomic E-state index is 0.876. The first-order chi connectivity index (χ1) is 10.3. The summed E-state index contributed by atoms with van der Waals surface area (Å²) in [6.07, 6.45) is 1.01. The second-order valence-corrected chi connectivity index (χ2v) is 5.89. The van der Waals surface area contributed by atoms with Crippen LogP contribution in [0.3, 0.4) is 0 Å². The number of hydrogen-bond donors (Lipinski definition) is 1. The van der Waals surface area contributed by atoms with Gasteiger partial charge in [0.25, 0.3) is 0 Å².